The molecule has 0 bridgehead atoms. The molecule has 0 saturated carbocycles. The van der Waals surface area contributed by atoms with E-state index in [0.717, 1.165) is 11.9 Å². The van der Waals surface area contributed by atoms with Crippen LogP contribution in [0.5, 0.6) is 0 Å². The second-order valence-electron chi connectivity index (χ2n) is 3.85. The van der Waals surface area contributed by atoms with Gasteiger partial charge in [-0.3, -0.25) is 0 Å². The van der Waals surface area contributed by atoms with Crippen LogP contribution in [-0.4, -0.2) is 7.05 Å². The second kappa shape index (κ2) is 6.03. The van der Waals surface area contributed by atoms with Crippen LogP contribution >= 0.6 is 43.2 Å². The zero-order chi connectivity index (χ0) is 12.3. The molecule has 4 heteroatoms. The maximum absolute atomic E-state index is 3.53. The predicted octanol–water partition coefficient (Wildman–Crippen LogP) is 5.04. The van der Waals surface area contributed by atoms with Crippen LogP contribution in [0.4, 0.5) is 5.69 Å². The van der Waals surface area contributed by atoms with Crippen LogP contribution in [0.3, 0.4) is 0 Å². The highest BCUT2D eigenvalue weighted by Gasteiger charge is 2.07. The lowest BCUT2D eigenvalue weighted by atomic mass is 10.2. The number of halogens is 2. The molecule has 1 nitrogen and oxygen atoms in total. The maximum atomic E-state index is 3.53. The number of anilines is 1. The average molecular weight is 375 g/mol. The van der Waals surface area contributed by atoms with Crippen molar-refractivity contribution in [1.29, 1.82) is 0 Å². The molecular formula is C13H13Br2NS. The Hall–Kier alpha value is -0.320. The molecule has 1 aromatic carbocycles. The van der Waals surface area contributed by atoms with Crippen LogP contribution in [0.25, 0.3) is 0 Å². The molecule has 2 aromatic rings. The van der Waals surface area contributed by atoms with Crippen molar-refractivity contribution in [2.24, 2.45) is 0 Å². The fourth-order valence-electron chi connectivity index (χ4n) is 1.75. The lowest BCUT2D eigenvalue weighted by Crippen LogP contribution is -2.16. The topological polar surface area (TPSA) is 3.24 Å². The van der Waals surface area contributed by atoms with Gasteiger partial charge in [0.05, 0.1) is 6.54 Å². The fourth-order valence-corrected chi connectivity index (χ4v) is 3.73. The van der Waals surface area contributed by atoms with E-state index in [1.165, 1.54) is 20.6 Å². The van der Waals surface area contributed by atoms with Crippen molar-refractivity contribution in [2.45, 2.75) is 11.9 Å². The Bertz CT molecular complexity index is 496. The first-order valence-electron chi connectivity index (χ1n) is 5.28. The van der Waals surface area contributed by atoms with E-state index in [-0.39, 0.29) is 0 Å². The maximum Gasteiger partial charge on any atom is 0.0520 e. The monoisotopic (exact) mass is 373 g/mol. The first-order chi connectivity index (χ1) is 8.20. The molecule has 17 heavy (non-hydrogen) atoms. The summed E-state index contributed by atoms with van der Waals surface area (Å²) in [5.41, 5.74) is 2.61. The van der Waals surface area contributed by atoms with E-state index < -0.39 is 0 Å². The van der Waals surface area contributed by atoms with Gasteiger partial charge in [-0.2, -0.15) is 0 Å². The molecule has 90 valence electrons. The molecule has 0 unspecified atom stereocenters. The molecule has 0 atom stereocenters. The minimum Gasteiger partial charge on any atom is -0.369 e. The van der Waals surface area contributed by atoms with E-state index in [2.05, 4.69) is 79.5 Å². The van der Waals surface area contributed by atoms with E-state index in [1.807, 2.05) is 0 Å². The molecule has 0 N–H and O–H groups in total. The molecule has 0 aliphatic carbocycles. The molecule has 0 radical (unpaired) electrons. The summed E-state index contributed by atoms with van der Waals surface area (Å²) in [4.78, 5) is 3.65. The first kappa shape index (κ1) is 13.1. The van der Waals surface area contributed by atoms with Gasteiger partial charge in [0.15, 0.2) is 0 Å². The Morgan fingerprint density at radius 2 is 2.06 bits per heavy atom. The molecule has 0 amide bonds. The predicted molar refractivity (Wildman–Crippen MR) is 83.2 cm³/mol. The largest absolute Gasteiger partial charge is 0.369 e. The minimum atomic E-state index is 0.891. The summed E-state index contributed by atoms with van der Waals surface area (Å²) < 4.78 is 1.17. The summed E-state index contributed by atoms with van der Waals surface area (Å²) in [6.07, 6.45) is 0. The zero-order valence-electron chi connectivity index (χ0n) is 9.49. The lowest BCUT2D eigenvalue weighted by Gasteiger charge is -2.21. The van der Waals surface area contributed by atoms with E-state index in [0.29, 0.717) is 0 Å². The van der Waals surface area contributed by atoms with Gasteiger partial charge in [0.25, 0.3) is 0 Å². The Morgan fingerprint density at radius 1 is 1.29 bits per heavy atom. The Kier molecular flexibility index (Phi) is 4.65. The van der Waals surface area contributed by atoms with Gasteiger partial charge in [0.1, 0.15) is 0 Å². The first-order valence-corrected chi connectivity index (χ1v) is 8.08. The van der Waals surface area contributed by atoms with Crippen LogP contribution in [0.2, 0.25) is 0 Å². The van der Waals surface area contributed by atoms with E-state index in [9.17, 15) is 0 Å². The van der Waals surface area contributed by atoms with Crippen molar-refractivity contribution < 1.29 is 0 Å². The molecule has 0 saturated heterocycles. The van der Waals surface area contributed by atoms with Crippen molar-refractivity contribution in [2.75, 3.05) is 11.9 Å². The summed E-state index contributed by atoms with van der Waals surface area (Å²) in [6, 6.07) is 10.7. The van der Waals surface area contributed by atoms with Gasteiger partial charge in [-0.05, 0) is 33.6 Å². The Morgan fingerprint density at radius 3 is 2.71 bits per heavy atom. The van der Waals surface area contributed by atoms with Gasteiger partial charge in [-0.1, -0.05) is 34.1 Å². The number of hydrogen-bond acceptors (Lipinski definition) is 2. The number of thiophene rings is 1. The van der Waals surface area contributed by atoms with Crippen LogP contribution in [-0.2, 0) is 11.9 Å². The SMILES string of the molecule is CN(Cc1cc(Br)cs1)c1ccccc1CBr. The highest BCUT2D eigenvalue weighted by molar-refractivity contribution is 9.10. The van der Waals surface area contributed by atoms with Gasteiger partial charge in [0.2, 0.25) is 0 Å². The number of para-hydroxylation sites is 1. The van der Waals surface area contributed by atoms with Gasteiger partial charge in [-0.15, -0.1) is 11.3 Å². The smallest absolute Gasteiger partial charge is 0.0520 e. The van der Waals surface area contributed by atoms with Gasteiger partial charge < -0.3 is 4.90 Å². The Labute approximate surface area is 123 Å². The highest BCUT2D eigenvalue weighted by atomic mass is 79.9. The van der Waals surface area contributed by atoms with E-state index in [1.54, 1.807) is 11.3 Å². The van der Waals surface area contributed by atoms with Crippen molar-refractivity contribution in [1.82, 2.24) is 0 Å². The number of rotatable bonds is 4. The number of alkyl halides is 1. The van der Waals surface area contributed by atoms with Crippen LogP contribution in [0.15, 0.2) is 40.2 Å². The quantitative estimate of drug-likeness (QED) is 0.677. The van der Waals surface area contributed by atoms with Gasteiger partial charge >= 0.3 is 0 Å². The average Bonchev–Trinajstić information content (AvgIpc) is 2.74. The molecular weight excluding hydrogens is 362 g/mol. The van der Waals surface area contributed by atoms with Crippen LogP contribution in [0, 0.1) is 0 Å². The van der Waals surface area contributed by atoms with Crippen molar-refractivity contribution in [3.05, 3.63) is 50.6 Å². The number of nitrogens with zero attached hydrogens (tertiary/aromatic N) is 1. The number of benzene rings is 1. The van der Waals surface area contributed by atoms with Crippen LogP contribution < -0.4 is 4.90 Å². The second-order valence-corrected chi connectivity index (χ2v) is 6.32. The standard InChI is InChI=1S/C13H13Br2NS/c1-16(8-12-6-11(15)9-17-12)13-5-3-2-4-10(13)7-14/h2-6,9H,7-8H2,1H3. The normalized spacial score (nSPS) is 10.5. The summed E-state index contributed by atoms with van der Waals surface area (Å²) in [5, 5.41) is 3.02. The van der Waals surface area contributed by atoms with Crippen molar-refractivity contribution >= 4 is 48.9 Å². The highest BCUT2D eigenvalue weighted by Crippen LogP contribution is 2.26. The van der Waals surface area contributed by atoms with Crippen molar-refractivity contribution in [3.63, 3.8) is 0 Å². The summed E-state index contributed by atoms with van der Waals surface area (Å²) in [5.74, 6) is 0. The molecule has 0 aliphatic heterocycles. The van der Waals surface area contributed by atoms with E-state index in [4.69, 9.17) is 0 Å². The number of hydrogen-bond donors (Lipinski definition) is 0. The lowest BCUT2D eigenvalue weighted by molar-refractivity contribution is 0.933. The zero-order valence-corrected chi connectivity index (χ0v) is 13.5. The third-order valence-corrected chi connectivity index (χ3v) is 4.85. The molecule has 1 heterocycles. The summed E-state index contributed by atoms with van der Waals surface area (Å²) in [7, 11) is 2.13. The molecule has 1 aromatic heterocycles. The minimum absolute atomic E-state index is 0.891. The Balaban J connectivity index is 2.16. The van der Waals surface area contributed by atoms with Gasteiger partial charge in [-0.25, -0.2) is 0 Å². The molecule has 0 aliphatic rings. The van der Waals surface area contributed by atoms with E-state index >= 15 is 0 Å². The fraction of sp³-hybridized carbons (Fsp3) is 0.231. The molecule has 0 spiro atoms. The summed E-state index contributed by atoms with van der Waals surface area (Å²) in [6.45, 7) is 0.945. The third kappa shape index (κ3) is 3.33. The van der Waals surface area contributed by atoms with Gasteiger partial charge in [0, 0.05) is 32.8 Å². The third-order valence-electron chi connectivity index (χ3n) is 2.56. The van der Waals surface area contributed by atoms with Crippen LogP contribution in [0.1, 0.15) is 10.4 Å². The molecule has 2 rings (SSSR count). The molecule has 0 fully saturated rings. The van der Waals surface area contributed by atoms with Crippen molar-refractivity contribution in [3.8, 4) is 0 Å². The summed E-state index contributed by atoms with van der Waals surface area (Å²) >= 11 is 8.81.